The summed E-state index contributed by atoms with van der Waals surface area (Å²) in [6.07, 6.45) is 0. The second-order valence-electron chi connectivity index (χ2n) is 5.44. The minimum atomic E-state index is -0.320. The van der Waals surface area contributed by atoms with Crippen molar-refractivity contribution in [2.24, 2.45) is 0 Å². The molecule has 1 aromatic carbocycles. The Morgan fingerprint density at radius 2 is 2.00 bits per heavy atom. The number of aromatic nitrogens is 1. The summed E-state index contributed by atoms with van der Waals surface area (Å²) in [5.41, 5.74) is 1.75. The maximum absolute atomic E-state index is 11.1. The van der Waals surface area contributed by atoms with E-state index in [-0.39, 0.29) is 10.6 Å². The van der Waals surface area contributed by atoms with Crippen molar-refractivity contribution in [2.45, 2.75) is 13.5 Å². The number of nitro benzene ring substituents is 1. The fourth-order valence-electron chi connectivity index (χ4n) is 2.74. The van der Waals surface area contributed by atoms with E-state index < -0.39 is 0 Å². The van der Waals surface area contributed by atoms with E-state index in [0.29, 0.717) is 5.69 Å². The minimum absolute atomic E-state index is 0.168. The molecule has 1 aromatic heterocycles. The van der Waals surface area contributed by atoms with Gasteiger partial charge in [-0.15, -0.1) is 0 Å². The first-order valence-electron chi connectivity index (χ1n) is 7.26. The predicted octanol–water partition coefficient (Wildman–Crippen LogP) is 2.21. The van der Waals surface area contributed by atoms with Gasteiger partial charge in [-0.1, -0.05) is 17.3 Å². The Morgan fingerprint density at radius 3 is 2.64 bits per heavy atom. The van der Waals surface area contributed by atoms with E-state index in [1.54, 1.807) is 12.1 Å². The van der Waals surface area contributed by atoms with Crippen molar-refractivity contribution >= 4 is 11.4 Å². The molecule has 2 heterocycles. The fourth-order valence-corrected chi connectivity index (χ4v) is 2.74. The third-order valence-corrected chi connectivity index (χ3v) is 3.85. The molecule has 7 nitrogen and oxygen atoms in total. The molecule has 116 valence electrons. The summed E-state index contributed by atoms with van der Waals surface area (Å²) >= 11 is 0. The van der Waals surface area contributed by atoms with E-state index in [1.807, 2.05) is 25.1 Å². The van der Waals surface area contributed by atoms with Gasteiger partial charge in [0.2, 0.25) is 0 Å². The van der Waals surface area contributed by atoms with Crippen LogP contribution in [0.4, 0.5) is 11.4 Å². The van der Waals surface area contributed by atoms with Crippen molar-refractivity contribution in [1.82, 2.24) is 10.1 Å². The highest BCUT2D eigenvalue weighted by Crippen LogP contribution is 2.28. The number of aryl methyl sites for hydroxylation is 1. The molecule has 0 amide bonds. The van der Waals surface area contributed by atoms with E-state index >= 15 is 0 Å². The summed E-state index contributed by atoms with van der Waals surface area (Å²) < 4.78 is 5.23. The van der Waals surface area contributed by atoms with Crippen LogP contribution in [-0.2, 0) is 6.54 Å². The summed E-state index contributed by atoms with van der Waals surface area (Å²) in [7, 11) is 0. The number of para-hydroxylation sites is 2. The molecule has 0 saturated carbocycles. The quantitative estimate of drug-likeness (QED) is 0.636. The molecule has 0 unspecified atom stereocenters. The van der Waals surface area contributed by atoms with Crippen LogP contribution in [0.3, 0.4) is 0 Å². The lowest BCUT2D eigenvalue weighted by molar-refractivity contribution is -0.384. The molecule has 1 saturated heterocycles. The van der Waals surface area contributed by atoms with Gasteiger partial charge in [-0.3, -0.25) is 15.0 Å². The van der Waals surface area contributed by atoms with Crippen molar-refractivity contribution in [2.75, 3.05) is 31.1 Å². The molecule has 7 heteroatoms. The van der Waals surface area contributed by atoms with Gasteiger partial charge in [-0.25, -0.2) is 0 Å². The van der Waals surface area contributed by atoms with Crippen molar-refractivity contribution in [3.63, 3.8) is 0 Å². The van der Waals surface area contributed by atoms with Crippen LogP contribution in [0.1, 0.15) is 11.5 Å². The van der Waals surface area contributed by atoms with Crippen molar-refractivity contribution in [3.8, 4) is 0 Å². The summed E-state index contributed by atoms with van der Waals surface area (Å²) in [5, 5.41) is 15.0. The average Bonchev–Trinajstić information content (AvgIpc) is 2.93. The van der Waals surface area contributed by atoms with E-state index in [1.165, 1.54) is 0 Å². The largest absolute Gasteiger partial charge is 0.363 e. The van der Waals surface area contributed by atoms with E-state index in [9.17, 15) is 10.1 Å². The van der Waals surface area contributed by atoms with E-state index in [4.69, 9.17) is 4.52 Å². The molecular weight excluding hydrogens is 284 g/mol. The second-order valence-corrected chi connectivity index (χ2v) is 5.44. The molecule has 0 atom stereocenters. The molecular formula is C15H18N4O3. The highest BCUT2D eigenvalue weighted by atomic mass is 16.6. The Morgan fingerprint density at radius 1 is 1.27 bits per heavy atom. The van der Waals surface area contributed by atoms with Gasteiger partial charge in [0, 0.05) is 38.3 Å². The Hall–Kier alpha value is -2.41. The number of hydrogen-bond acceptors (Lipinski definition) is 6. The van der Waals surface area contributed by atoms with Crippen LogP contribution in [-0.4, -0.2) is 41.2 Å². The second kappa shape index (κ2) is 6.15. The molecule has 22 heavy (non-hydrogen) atoms. The predicted molar refractivity (Wildman–Crippen MR) is 81.8 cm³/mol. The number of nitrogens with zero attached hydrogens (tertiary/aromatic N) is 4. The zero-order valence-corrected chi connectivity index (χ0v) is 12.4. The monoisotopic (exact) mass is 302 g/mol. The van der Waals surface area contributed by atoms with Gasteiger partial charge < -0.3 is 9.42 Å². The van der Waals surface area contributed by atoms with Gasteiger partial charge in [0.25, 0.3) is 5.69 Å². The van der Waals surface area contributed by atoms with E-state index in [0.717, 1.165) is 44.2 Å². The van der Waals surface area contributed by atoms with Crippen LogP contribution < -0.4 is 4.90 Å². The maximum Gasteiger partial charge on any atom is 0.292 e. The van der Waals surface area contributed by atoms with Crippen LogP contribution in [0.2, 0.25) is 0 Å². The molecule has 1 aliphatic heterocycles. The third-order valence-electron chi connectivity index (χ3n) is 3.85. The molecule has 1 fully saturated rings. The highest BCUT2D eigenvalue weighted by molar-refractivity contribution is 5.63. The number of anilines is 1. The average molecular weight is 302 g/mol. The van der Waals surface area contributed by atoms with Crippen LogP contribution in [0, 0.1) is 17.0 Å². The lowest BCUT2D eigenvalue weighted by Gasteiger charge is -2.35. The van der Waals surface area contributed by atoms with Gasteiger partial charge in [-0.2, -0.15) is 0 Å². The molecule has 0 spiro atoms. The van der Waals surface area contributed by atoms with Crippen molar-refractivity contribution < 1.29 is 9.45 Å². The van der Waals surface area contributed by atoms with Crippen LogP contribution >= 0.6 is 0 Å². The normalized spacial score (nSPS) is 16.0. The van der Waals surface area contributed by atoms with Gasteiger partial charge >= 0.3 is 0 Å². The van der Waals surface area contributed by atoms with E-state index in [2.05, 4.69) is 15.0 Å². The minimum Gasteiger partial charge on any atom is -0.363 e. The van der Waals surface area contributed by atoms with Crippen molar-refractivity contribution in [1.29, 1.82) is 0 Å². The van der Waals surface area contributed by atoms with Crippen LogP contribution in [0.25, 0.3) is 0 Å². The highest BCUT2D eigenvalue weighted by Gasteiger charge is 2.23. The molecule has 0 N–H and O–H groups in total. The standard InChI is InChI=1S/C15H18N4O3/c1-12-10-13(22-16-12)11-17-6-8-18(9-7-17)14-4-2-3-5-15(14)19(20)21/h2-5,10H,6-9,11H2,1H3. The Balaban J connectivity index is 1.63. The molecule has 0 bridgehead atoms. The molecule has 1 aliphatic rings. The number of rotatable bonds is 4. The lowest BCUT2D eigenvalue weighted by Crippen LogP contribution is -2.46. The number of nitro groups is 1. The number of benzene rings is 1. The summed E-state index contributed by atoms with van der Waals surface area (Å²) in [6.45, 7) is 5.83. The summed E-state index contributed by atoms with van der Waals surface area (Å²) in [5.74, 6) is 0.858. The van der Waals surface area contributed by atoms with Gasteiger partial charge in [-0.05, 0) is 13.0 Å². The SMILES string of the molecule is Cc1cc(CN2CCN(c3ccccc3[N+](=O)[O-])CC2)on1. The molecule has 3 rings (SSSR count). The number of piperazine rings is 1. The van der Waals surface area contributed by atoms with Crippen LogP contribution in [0.5, 0.6) is 0 Å². The maximum atomic E-state index is 11.1. The smallest absolute Gasteiger partial charge is 0.292 e. The molecule has 0 aliphatic carbocycles. The Kier molecular flexibility index (Phi) is 4.06. The zero-order chi connectivity index (χ0) is 15.5. The third kappa shape index (κ3) is 3.09. The summed E-state index contributed by atoms with van der Waals surface area (Å²) in [6, 6.07) is 8.84. The fraction of sp³-hybridized carbons (Fsp3) is 0.400. The Labute approximate surface area is 128 Å². The topological polar surface area (TPSA) is 75.7 Å². The Bertz CT molecular complexity index is 662. The van der Waals surface area contributed by atoms with Gasteiger partial charge in [0.1, 0.15) is 5.69 Å². The zero-order valence-electron chi connectivity index (χ0n) is 12.4. The lowest BCUT2D eigenvalue weighted by atomic mass is 10.2. The first kappa shape index (κ1) is 14.5. The van der Waals surface area contributed by atoms with Gasteiger partial charge in [0.05, 0.1) is 17.2 Å². The summed E-state index contributed by atoms with van der Waals surface area (Å²) in [4.78, 5) is 15.1. The van der Waals surface area contributed by atoms with Crippen LogP contribution in [0.15, 0.2) is 34.9 Å². The number of hydrogen-bond donors (Lipinski definition) is 0. The van der Waals surface area contributed by atoms with Crippen molar-refractivity contribution in [3.05, 3.63) is 51.9 Å². The first-order chi connectivity index (χ1) is 10.6. The first-order valence-corrected chi connectivity index (χ1v) is 7.26. The molecule has 2 aromatic rings. The molecule has 0 radical (unpaired) electrons. The van der Waals surface area contributed by atoms with Gasteiger partial charge in [0.15, 0.2) is 5.76 Å².